The lowest BCUT2D eigenvalue weighted by molar-refractivity contribution is -0.385. The molecule has 0 aliphatic heterocycles. The Hall–Kier alpha value is -1.42. The molecule has 0 fully saturated rings. The van der Waals surface area contributed by atoms with Crippen molar-refractivity contribution in [2.45, 2.75) is 12.8 Å². The van der Waals surface area contributed by atoms with E-state index in [9.17, 15) is 14.9 Å². The topological polar surface area (TPSA) is 60.2 Å². The number of hydrogen-bond acceptors (Lipinski definition) is 3. The number of aryl methyl sites for hydroxylation is 1. The van der Waals surface area contributed by atoms with Crippen molar-refractivity contribution in [3.8, 4) is 0 Å². The summed E-state index contributed by atoms with van der Waals surface area (Å²) >= 11 is 5.69. The highest BCUT2D eigenvalue weighted by Crippen LogP contribution is 2.23. The maximum absolute atomic E-state index is 10.6. The van der Waals surface area contributed by atoms with Crippen LogP contribution in [0.15, 0.2) is 18.2 Å². The fraction of sp³-hybridized carbons (Fsp3) is 0.222. The van der Waals surface area contributed by atoms with Crippen LogP contribution in [0, 0.1) is 10.1 Å². The second-order valence-electron chi connectivity index (χ2n) is 2.74. The second-order valence-corrected chi connectivity index (χ2v) is 3.17. The van der Waals surface area contributed by atoms with E-state index in [-0.39, 0.29) is 12.1 Å². The van der Waals surface area contributed by atoms with Crippen molar-refractivity contribution in [3.63, 3.8) is 0 Å². The van der Waals surface area contributed by atoms with Crippen LogP contribution in [-0.4, -0.2) is 11.2 Å². The standard InChI is InChI=1S/C9H8ClNO3/c10-8-3-4-9(11(13)14)7(6-8)2-1-5-12/h3-6H,1-2H2. The van der Waals surface area contributed by atoms with Gasteiger partial charge in [-0.3, -0.25) is 10.1 Å². The highest BCUT2D eigenvalue weighted by atomic mass is 35.5. The van der Waals surface area contributed by atoms with Crippen LogP contribution in [0.3, 0.4) is 0 Å². The number of hydrogen-bond donors (Lipinski definition) is 0. The Morgan fingerprint density at radius 1 is 1.50 bits per heavy atom. The fourth-order valence-corrected chi connectivity index (χ4v) is 1.34. The lowest BCUT2D eigenvalue weighted by atomic mass is 10.1. The number of rotatable bonds is 4. The average molecular weight is 214 g/mol. The lowest BCUT2D eigenvalue weighted by Gasteiger charge is -2.00. The van der Waals surface area contributed by atoms with Crippen molar-refractivity contribution < 1.29 is 9.72 Å². The third-order valence-electron chi connectivity index (χ3n) is 1.77. The SMILES string of the molecule is O=CCCc1cc(Cl)ccc1[N+](=O)[O-]. The molecule has 1 aromatic rings. The maximum Gasteiger partial charge on any atom is 0.272 e. The van der Waals surface area contributed by atoms with Gasteiger partial charge < -0.3 is 4.79 Å². The minimum Gasteiger partial charge on any atom is -0.303 e. The summed E-state index contributed by atoms with van der Waals surface area (Å²) in [5.74, 6) is 0. The summed E-state index contributed by atoms with van der Waals surface area (Å²) < 4.78 is 0. The van der Waals surface area contributed by atoms with Crippen molar-refractivity contribution in [1.29, 1.82) is 0 Å². The van der Waals surface area contributed by atoms with Crippen molar-refractivity contribution in [3.05, 3.63) is 38.9 Å². The van der Waals surface area contributed by atoms with Crippen LogP contribution in [0.4, 0.5) is 5.69 Å². The Balaban J connectivity index is 3.02. The molecule has 0 aliphatic carbocycles. The molecule has 0 unspecified atom stereocenters. The molecule has 0 amide bonds. The van der Waals surface area contributed by atoms with E-state index < -0.39 is 4.92 Å². The quantitative estimate of drug-likeness (QED) is 0.438. The van der Waals surface area contributed by atoms with Gasteiger partial charge in [0.25, 0.3) is 5.69 Å². The average Bonchev–Trinajstić information content (AvgIpc) is 2.14. The molecule has 0 bridgehead atoms. The smallest absolute Gasteiger partial charge is 0.272 e. The van der Waals surface area contributed by atoms with Gasteiger partial charge in [-0.2, -0.15) is 0 Å². The fourth-order valence-electron chi connectivity index (χ4n) is 1.15. The van der Waals surface area contributed by atoms with Gasteiger partial charge >= 0.3 is 0 Å². The molecule has 0 N–H and O–H groups in total. The van der Waals surface area contributed by atoms with Gasteiger partial charge in [0.05, 0.1) is 4.92 Å². The Labute approximate surface area is 85.6 Å². The van der Waals surface area contributed by atoms with Gasteiger partial charge in [0.1, 0.15) is 6.29 Å². The third kappa shape index (κ3) is 2.53. The summed E-state index contributed by atoms with van der Waals surface area (Å²) in [7, 11) is 0. The highest BCUT2D eigenvalue weighted by Gasteiger charge is 2.12. The predicted molar refractivity (Wildman–Crippen MR) is 52.5 cm³/mol. The normalized spacial score (nSPS) is 9.79. The molecule has 74 valence electrons. The van der Waals surface area contributed by atoms with E-state index in [1.165, 1.54) is 18.2 Å². The van der Waals surface area contributed by atoms with E-state index in [4.69, 9.17) is 11.6 Å². The molecule has 14 heavy (non-hydrogen) atoms. The molecule has 5 heteroatoms. The van der Waals surface area contributed by atoms with Gasteiger partial charge in [-0.25, -0.2) is 0 Å². The van der Waals surface area contributed by atoms with Crippen molar-refractivity contribution in [1.82, 2.24) is 0 Å². The molecule has 0 aliphatic rings. The van der Waals surface area contributed by atoms with Gasteiger partial charge in [-0.1, -0.05) is 11.6 Å². The number of carbonyl (C=O) groups excluding carboxylic acids is 1. The van der Waals surface area contributed by atoms with Crippen LogP contribution in [-0.2, 0) is 11.2 Å². The zero-order chi connectivity index (χ0) is 10.6. The number of aldehydes is 1. The first-order chi connectivity index (χ1) is 6.65. The van der Waals surface area contributed by atoms with Gasteiger partial charge in [-0.15, -0.1) is 0 Å². The Kier molecular flexibility index (Phi) is 3.59. The Bertz CT molecular complexity index is 365. The van der Waals surface area contributed by atoms with Crippen LogP contribution in [0.5, 0.6) is 0 Å². The first-order valence-corrected chi connectivity index (χ1v) is 4.39. The predicted octanol–water partition coefficient (Wildman–Crippen LogP) is 2.38. The monoisotopic (exact) mass is 213 g/mol. The Morgan fingerprint density at radius 2 is 2.21 bits per heavy atom. The first kappa shape index (κ1) is 10.7. The van der Waals surface area contributed by atoms with Crippen molar-refractivity contribution in [2.75, 3.05) is 0 Å². The number of nitro groups is 1. The van der Waals surface area contributed by atoms with E-state index >= 15 is 0 Å². The lowest BCUT2D eigenvalue weighted by Crippen LogP contribution is -1.95. The molecule has 4 nitrogen and oxygen atoms in total. The summed E-state index contributed by atoms with van der Waals surface area (Å²) in [6.45, 7) is 0. The van der Waals surface area contributed by atoms with Crippen LogP contribution < -0.4 is 0 Å². The molecular formula is C9H8ClNO3. The van der Waals surface area contributed by atoms with E-state index in [1.54, 1.807) is 0 Å². The number of nitrogens with zero attached hydrogens (tertiary/aromatic N) is 1. The van der Waals surface area contributed by atoms with Crippen LogP contribution in [0.2, 0.25) is 5.02 Å². The van der Waals surface area contributed by atoms with E-state index in [1.807, 2.05) is 0 Å². The minimum atomic E-state index is -0.476. The zero-order valence-corrected chi connectivity index (χ0v) is 8.03. The van der Waals surface area contributed by atoms with Gasteiger partial charge in [0.15, 0.2) is 0 Å². The molecule has 0 saturated carbocycles. The first-order valence-electron chi connectivity index (χ1n) is 4.01. The molecule has 0 radical (unpaired) electrons. The van der Waals surface area contributed by atoms with Crippen molar-refractivity contribution in [2.24, 2.45) is 0 Å². The van der Waals surface area contributed by atoms with Gasteiger partial charge in [-0.05, 0) is 18.6 Å². The number of halogens is 1. The zero-order valence-electron chi connectivity index (χ0n) is 7.27. The molecule has 0 atom stereocenters. The van der Waals surface area contributed by atoms with Crippen LogP contribution >= 0.6 is 11.6 Å². The van der Waals surface area contributed by atoms with E-state index in [0.717, 1.165) is 6.29 Å². The highest BCUT2D eigenvalue weighted by molar-refractivity contribution is 6.30. The molecule has 0 aromatic heterocycles. The van der Waals surface area contributed by atoms with Crippen LogP contribution in [0.1, 0.15) is 12.0 Å². The summed E-state index contributed by atoms with van der Waals surface area (Å²) in [5, 5.41) is 11.0. The summed E-state index contributed by atoms with van der Waals surface area (Å²) in [5.41, 5.74) is 0.505. The Morgan fingerprint density at radius 3 is 2.79 bits per heavy atom. The number of nitro benzene ring substituents is 1. The second kappa shape index (κ2) is 4.72. The van der Waals surface area contributed by atoms with E-state index in [2.05, 4.69) is 0 Å². The molecule has 1 aromatic carbocycles. The molecule has 1 rings (SSSR count). The molecule has 0 spiro atoms. The number of benzene rings is 1. The molecular weight excluding hydrogens is 206 g/mol. The third-order valence-corrected chi connectivity index (χ3v) is 2.00. The van der Waals surface area contributed by atoms with Gasteiger partial charge in [0, 0.05) is 23.1 Å². The maximum atomic E-state index is 10.6. The summed E-state index contributed by atoms with van der Waals surface area (Å²) in [6, 6.07) is 4.33. The summed E-state index contributed by atoms with van der Waals surface area (Å²) in [6.07, 6.45) is 1.34. The largest absolute Gasteiger partial charge is 0.303 e. The van der Waals surface area contributed by atoms with Gasteiger partial charge in [0.2, 0.25) is 0 Å². The van der Waals surface area contributed by atoms with Crippen molar-refractivity contribution >= 4 is 23.6 Å². The minimum absolute atomic E-state index is 0.0104. The number of carbonyl (C=O) groups is 1. The molecule has 0 saturated heterocycles. The van der Waals surface area contributed by atoms with E-state index in [0.29, 0.717) is 17.0 Å². The summed E-state index contributed by atoms with van der Waals surface area (Å²) in [4.78, 5) is 20.2. The van der Waals surface area contributed by atoms with Crippen LogP contribution in [0.25, 0.3) is 0 Å². The molecule has 0 heterocycles.